The fraction of sp³-hybridized carbons (Fsp3) is 0.308. The molecule has 3 rings (SSSR count). The topological polar surface area (TPSA) is 98.2 Å². The van der Waals surface area contributed by atoms with Gasteiger partial charge in [0.25, 0.3) is 5.89 Å². The molecule has 8 nitrogen and oxygen atoms in total. The number of nitrogens with zero attached hydrogens (tertiary/aromatic N) is 5. The molecule has 0 aliphatic carbocycles. The first-order valence-electron chi connectivity index (χ1n) is 6.80. The number of halogens is 3. The fourth-order valence-corrected chi connectivity index (χ4v) is 2.08. The van der Waals surface area contributed by atoms with Gasteiger partial charge in [-0.05, 0) is 19.1 Å². The van der Waals surface area contributed by atoms with Crippen molar-refractivity contribution < 1.29 is 22.5 Å². The number of carbonyl (C=O) groups is 1. The van der Waals surface area contributed by atoms with Gasteiger partial charge in [0.15, 0.2) is 17.3 Å². The Kier molecular flexibility index (Phi) is 3.91. The minimum absolute atomic E-state index is 0.192. The van der Waals surface area contributed by atoms with E-state index in [4.69, 9.17) is 4.52 Å². The summed E-state index contributed by atoms with van der Waals surface area (Å²) in [5.41, 5.74) is 0.916. The van der Waals surface area contributed by atoms with E-state index in [2.05, 4.69) is 25.7 Å². The molecule has 11 heteroatoms. The highest BCUT2D eigenvalue weighted by molar-refractivity contribution is 5.76. The van der Waals surface area contributed by atoms with Crippen LogP contribution in [0.2, 0.25) is 0 Å². The van der Waals surface area contributed by atoms with Crippen molar-refractivity contribution in [1.29, 1.82) is 0 Å². The predicted octanol–water partition coefficient (Wildman–Crippen LogP) is 1.66. The van der Waals surface area contributed by atoms with Crippen LogP contribution in [0, 0.1) is 6.92 Å². The number of rotatable bonds is 4. The fourth-order valence-electron chi connectivity index (χ4n) is 2.08. The van der Waals surface area contributed by atoms with Gasteiger partial charge in [0, 0.05) is 6.20 Å². The van der Waals surface area contributed by atoms with Gasteiger partial charge >= 0.3 is 6.18 Å². The molecular weight excluding hydrogens is 329 g/mol. The van der Waals surface area contributed by atoms with Crippen LogP contribution in [-0.2, 0) is 11.3 Å². The summed E-state index contributed by atoms with van der Waals surface area (Å²) in [6.07, 6.45) is -4.48. The minimum atomic E-state index is -4.56. The average molecular weight is 340 g/mol. The summed E-state index contributed by atoms with van der Waals surface area (Å²) in [6, 6.07) is 3.37. The van der Waals surface area contributed by atoms with E-state index in [0.29, 0.717) is 17.0 Å². The zero-order chi connectivity index (χ0) is 17.3. The molecule has 24 heavy (non-hydrogen) atoms. The maximum Gasteiger partial charge on any atom is 0.397 e. The van der Waals surface area contributed by atoms with Crippen molar-refractivity contribution in [3.05, 3.63) is 30.0 Å². The van der Waals surface area contributed by atoms with Crippen molar-refractivity contribution in [2.45, 2.75) is 26.1 Å². The lowest BCUT2D eigenvalue weighted by atomic mass is 10.2. The lowest BCUT2D eigenvalue weighted by Crippen LogP contribution is -2.28. The van der Waals surface area contributed by atoms with Gasteiger partial charge in [-0.2, -0.15) is 18.2 Å². The third-order valence-corrected chi connectivity index (χ3v) is 3.07. The van der Waals surface area contributed by atoms with Gasteiger partial charge in [-0.15, -0.1) is 10.2 Å². The molecule has 0 radical (unpaired) electrons. The summed E-state index contributed by atoms with van der Waals surface area (Å²) in [5.74, 6) is -0.161. The smallest absolute Gasteiger partial charge is 0.348 e. The molecule has 0 bridgehead atoms. The van der Waals surface area contributed by atoms with Crippen LogP contribution in [0.15, 0.2) is 22.9 Å². The van der Waals surface area contributed by atoms with Crippen LogP contribution < -0.4 is 5.32 Å². The van der Waals surface area contributed by atoms with Gasteiger partial charge in [0.2, 0.25) is 5.91 Å². The number of amides is 1. The standard InChI is InChI=1S/C13H11F3N6O2/c1-7-18-12(24-21-7)8-3-2-4-22-9(19-20-11(8)22)6-17-10(23)5-13(14,15)16/h2-4H,5-6H2,1H3,(H,17,23). The first-order chi connectivity index (χ1) is 11.3. The Morgan fingerprint density at radius 1 is 1.38 bits per heavy atom. The van der Waals surface area contributed by atoms with Crippen LogP contribution in [0.25, 0.3) is 17.1 Å². The zero-order valence-corrected chi connectivity index (χ0v) is 12.3. The maximum atomic E-state index is 12.2. The summed E-state index contributed by atoms with van der Waals surface area (Å²) in [7, 11) is 0. The molecule has 0 saturated heterocycles. The van der Waals surface area contributed by atoms with E-state index in [1.165, 1.54) is 4.40 Å². The van der Waals surface area contributed by atoms with E-state index in [1.807, 2.05) is 0 Å². The molecule has 3 aromatic heterocycles. The number of nitrogens with one attached hydrogen (secondary N) is 1. The first-order valence-corrected chi connectivity index (χ1v) is 6.80. The Morgan fingerprint density at radius 3 is 2.83 bits per heavy atom. The molecule has 0 aliphatic rings. The molecule has 0 unspecified atom stereocenters. The molecule has 1 N–H and O–H groups in total. The molecule has 0 atom stereocenters. The number of aryl methyl sites for hydroxylation is 1. The number of pyridine rings is 1. The normalized spacial score (nSPS) is 11.8. The highest BCUT2D eigenvalue weighted by Gasteiger charge is 2.31. The monoisotopic (exact) mass is 340 g/mol. The first kappa shape index (κ1) is 15.9. The second-order valence-electron chi connectivity index (χ2n) is 4.95. The van der Waals surface area contributed by atoms with E-state index in [0.717, 1.165) is 0 Å². The summed E-state index contributed by atoms with van der Waals surface area (Å²) in [4.78, 5) is 15.4. The van der Waals surface area contributed by atoms with Crippen LogP contribution in [0.3, 0.4) is 0 Å². The zero-order valence-electron chi connectivity index (χ0n) is 12.3. The molecule has 126 valence electrons. The summed E-state index contributed by atoms with van der Waals surface area (Å²) >= 11 is 0. The molecule has 0 saturated carbocycles. The number of hydrogen-bond acceptors (Lipinski definition) is 6. The van der Waals surface area contributed by atoms with Gasteiger partial charge in [-0.3, -0.25) is 9.20 Å². The Balaban J connectivity index is 1.83. The summed E-state index contributed by atoms with van der Waals surface area (Å²) in [6.45, 7) is 1.47. The van der Waals surface area contributed by atoms with Crippen molar-refractivity contribution in [2.75, 3.05) is 0 Å². The quantitative estimate of drug-likeness (QED) is 0.775. The number of alkyl halides is 3. The van der Waals surface area contributed by atoms with Crippen LogP contribution in [0.5, 0.6) is 0 Å². The SMILES string of the molecule is Cc1noc(-c2cccn3c(CNC(=O)CC(F)(F)F)nnc23)n1. The number of carbonyl (C=O) groups excluding carboxylic acids is 1. The second kappa shape index (κ2) is 5.91. The Morgan fingerprint density at radius 2 is 2.17 bits per heavy atom. The maximum absolute atomic E-state index is 12.2. The van der Waals surface area contributed by atoms with Gasteiger partial charge < -0.3 is 9.84 Å². The molecule has 3 heterocycles. The molecule has 1 amide bonds. The van der Waals surface area contributed by atoms with Crippen LogP contribution in [-0.4, -0.2) is 36.8 Å². The van der Waals surface area contributed by atoms with Crippen molar-refractivity contribution in [3.8, 4) is 11.5 Å². The second-order valence-corrected chi connectivity index (χ2v) is 4.95. The van der Waals surface area contributed by atoms with Crippen LogP contribution in [0.4, 0.5) is 13.2 Å². The molecule has 0 spiro atoms. The average Bonchev–Trinajstić information content (AvgIpc) is 3.09. The van der Waals surface area contributed by atoms with Crippen LogP contribution >= 0.6 is 0 Å². The van der Waals surface area contributed by atoms with Gasteiger partial charge in [0.05, 0.1) is 12.1 Å². The van der Waals surface area contributed by atoms with Crippen molar-refractivity contribution in [1.82, 2.24) is 30.1 Å². The molecular formula is C13H11F3N6O2. The minimum Gasteiger partial charge on any atom is -0.348 e. The Hall–Kier alpha value is -2.98. The summed E-state index contributed by atoms with van der Waals surface area (Å²) < 4.78 is 43.1. The van der Waals surface area contributed by atoms with Gasteiger partial charge in [-0.25, -0.2) is 0 Å². The summed E-state index contributed by atoms with van der Waals surface area (Å²) in [5, 5.41) is 13.7. The Labute approximate surface area is 132 Å². The van der Waals surface area contributed by atoms with E-state index < -0.39 is 18.5 Å². The van der Waals surface area contributed by atoms with Crippen LogP contribution in [0.1, 0.15) is 18.1 Å². The van der Waals surface area contributed by atoms with E-state index >= 15 is 0 Å². The van der Waals surface area contributed by atoms with Crippen molar-refractivity contribution in [2.24, 2.45) is 0 Å². The number of hydrogen-bond donors (Lipinski definition) is 1. The van der Waals surface area contributed by atoms with E-state index in [1.54, 1.807) is 25.3 Å². The third kappa shape index (κ3) is 3.34. The highest BCUT2D eigenvalue weighted by atomic mass is 19.4. The molecule has 0 fully saturated rings. The van der Waals surface area contributed by atoms with Gasteiger partial charge in [0.1, 0.15) is 6.42 Å². The molecule has 0 aromatic carbocycles. The largest absolute Gasteiger partial charge is 0.397 e. The number of fused-ring (bicyclic) bond motifs is 1. The lowest BCUT2D eigenvalue weighted by Gasteiger charge is -2.07. The molecule has 0 aliphatic heterocycles. The number of aromatic nitrogens is 5. The van der Waals surface area contributed by atoms with Crippen molar-refractivity contribution >= 4 is 11.6 Å². The van der Waals surface area contributed by atoms with Crippen molar-refractivity contribution in [3.63, 3.8) is 0 Å². The highest BCUT2D eigenvalue weighted by Crippen LogP contribution is 2.22. The lowest BCUT2D eigenvalue weighted by molar-refractivity contribution is -0.153. The van der Waals surface area contributed by atoms with E-state index in [9.17, 15) is 18.0 Å². The predicted molar refractivity (Wildman–Crippen MR) is 73.5 cm³/mol. The van der Waals surface area contributed by atoms with E-state index in [-0.39, 0.29) is 18.3 Å². The molecule has 3 aromatic rings. The van der Waals surface area contributed by atoms with Gasteiger partial charge in [-0.1, -0.05) is 5.16 Å². The Bertz CT molecular complexity index is 885. The third-order valence-electron chi connectivity index (χ3n) is 3.07.